The molecule has 4 rings (SSSR count). The van der Waals surface area contributed by atoms with Crippen molar-refractivity contribution in [3.63, 3.8) is 0 Å². The summed E-state index contributed by atoms with van der Waals surface area (Å²) >= 11 is 1.31. The average molecular weight is 420 g/mol. The summed E-state index contributed by atoms with van der Waals surface area (Å²) in [5.74, 6) is 0.0570. The Morgan fingerprint density at radius 1 is 1.10 bits per heavy atom. The molecule has 4 aromatic rings. The predicted molar refractivity (Wildman–Crippen MR) is 119 cm³/mol. The molecule has 2 aromatic heterocycles. The number of fused-ring (bicyclic) bond motifs is 1. The first-order valence-corrected chi connectivity index (χ1v) is 10.7. The van der Waals surface area contributed by atoms with Crippen molar-refractivity contribution >= 4 is 32.6 Å². The Balaban J connectivity index is 1.64. The predicted octanol–water partition coefficient (Wildman–Crippen LogP) is 5.73. The number of anilines is 1. The van der Waals surface area contributed by atoms with Crippen molar-refractivity contribution in [3.05, 3.63) is 89.5 Å². The van der Waals surface area contributed by atoms with E-state index < -0.39 is 0 Å². The van der Waals surface area contributed by atoms with E-state index in [-0.39, 0.29) is 18.1 Å². The second-order valence-electron chi connectivity index (χ2n) is 7.48. The summed E-state index contributed by atoms with van der Waals surface area (Å²) in [4.78, 5) is 23.8. The monoisotopic (exact) mass is 419 g/mol. The van der Waals surface area contributed by atoms with E-state index in [0.29, 0.717) is 27.8 Å². The number of halogens is 1. The van der Waals surface area contributed by atoms with E-state index in [1.165, 1.54) is 29.0 Å². The zero-order chi connectivity index (χ0) is 21.1. The number of carbonyl (C=O) groups excluding carboxylic acids is 1. The second-order valence-corrected chi connectivity index (χ2v) is 8.49. The van der Waals surface area contributed by atoms with Gasteiger partial charge in [0.05, 0.1) is 28.9 Å². The third kappa shape index (κ3) is 4.54. The Kier molecular flexibility index (Phi) is 5.86. The smallest absolute Gasteiger partial charge is 0.233 e. The molecule has 0 bridgehead atoms. The maximum atomic E-state index is 13.6. The molecule has 0 spiro atoms. The highest BCUT2D eigenvalue weighted by molar-refractivity contribution is 7.22. The first-order valence-electron chi connectivity index (χ1n) is 9.85. The van der Waals surface area contributed by atoms with Gasteiger partial charge in [0, 0.05) is 6.20 Å². The van der Waals surface area contributed by atoms with Crippen LogP contribution < -0.4 is 4.90 Å². The van der Waals surface area contributed by atoms with E-state index in [4.69, 9.17) is 0 Å². The normalized spacial score (nSPS) is 11.2. The SMILES string of the molecule is CC(C)c1ccc(CC(=O)N(Cc2ccccn2)c2nc3ccc(F)cc3s2)cc1. The van der Waals surface area contributed by atoms with E-state index in [2.05, 4.69) is 35.9 Å². The number of nitrogens with zero attached hydrogens (tertiary/aromatic N) is 3. The van der Waals surface area contributed by atoms with Crippen molar-refractivity contribution < 1.29 is 9.18 Å². The number of carbonyl (C=O) groups is 1. The summed E-state index contributed by atoms with van der Waals surface area (Å²) in [7, 11) is 0. The van der Waals surface area contributed by atoms with Crippen molar-refractivity contribution in [2.24, 2.45) is 0 Å². The molecular weight excluding hydrogens is 397 g/mol. The van der Waals surface area contributed by atoms with E-state index in [1.54, 1.807) is 17.2 Å². The van der Waals surface area contributed by atoms with Crippen LogP contribution in [0.2, 0.25) is 0 Å². The molecule has 0 unspecified atom stereocenters. The molecule has 0 N–H and O–H groups in total. The van der Waals surface area contributed by atoms with Gasteiger partial charge in [-0.1, -0.05) is 55.5 Å². The number of pyridine rings is 1. The number of benzene rings is 2. The number of aromatic nitrogens is 2. The lowest BCUT2D eigenvalue weighted by atomic mass is 10.0. The molecule has 0 aliphatic carbocycles. The fraction of sp³-hybridized carbons (Fsp3) is 0.208. The third-order valence-electron chi connectivity index (χ3n) is 4.92. The van der Waals surface area contributed by atoms with Crippen LogP contribution in [0, 0.1) is 5.82 Å². The molecule has 1 amide bonds. The van der Waals surface area contributed by atoms with E-state index >= 15 is 0 Å². The standard InChI is InChI=1S/C24H22FN3OS/c1-16(2)18-8-6-17(7-9-18)13-23(29)28(15-20-5-3-4-12-26-20)24-27-21-11-10-19(25)14-22(21)30-24/h3-12,14,16H,13,15H2,1-2H3. The molecule has 0 aliphatic rings. The average Bonchev–Trinajstić information content (AvgIpc) is 3.15. The first-order chi connectivity index (χ1) is 14.5. The maximum absolute atomic E-state index is 13.6. The molecule has 0 aliphatic heterocycles. The number of rotatable bonds is 6. The van der Waals surface area contributed by atoms with Gasteiger partial charge in [0.2, 0.25) is 5.91 Å². The Morgan fingerprint density at radius 2 is 1.90 bits per heavy atom. The van der Waals surface area contributed by atoms with Crippen molar-refractivity contribution in [2.75, 3.05) is 4.90 Å². The molecule has 0 radical (unpaired) electrons. The summed E-state index contributed by atoms with van der Waals surface area (Å²) in [5, 5.41) is 0.546. The van der Waals surface area contributed by atoms with Crippen LogP contribution in [-0.2, 0) is 17.8 Å². The highest BCUT2D eigenvalue weighted by Crippen LogP contribution is 2.30. The van der Waals surface area contributed by atoms with E-state index in [9.17, 15) is 9.18 Å². The van der Waals surface area contributed by atoms with Gasteiger partial charge in [-0.3, -0.25) is 14.7 Å². The van der Waals surface area contributed by atoms with Crippen LogP contribution in [0.15, 0.2) is 66.9 Å². The summed E-state index contributed by atoms with van der Waals surface area (Å²) in [6.07, 6.45) is 1.96. The van der Waals surface area contributed by atoms with Crippen LogP contribution in [0.4, 0.5) is 9.52 Å². The molecule has 0 atom stereocenters. The Morgan fingerprint density at radius 3 is 2.60 bits per heavy atom. The largest absolute Gasteiger partial charge is 0.282 e. The van der Waals surface area contributed by atoms with Crippen LogP contribution in [-0.4, -0.2) is 15.9 Å². The molecule has 0 saturated heterocycles. The van der Waals surface area contributed by atoms with Crippen LogP contribution >= 0.6 is 11.3 Å². The topological polar surface area (TPSA) is 46.1 Å². The summed E-state index contributed by atoms with van der Waals surface area (Å²) in [6, 6.07) is 18.2. The van der Waals surface area contributed by atoms with Gasteiger partial charge >= 0.3 is 0 Å². The van der Waals surface area contributed by atoms with E-state index in [1.807, 2.05) is 30.3 Å². The highest BCUT2D eigenvalue weighted by atomic mass is 32.1. The fourth-order valence-corrected chi connectivity index (χ4v) is 4.22. The molecule has 152 valence electrons. The van der Waals surface area contributed by atoms with Gasteiger partial charge in [-0.15, -0.1) is 0 Å². The molecule has 0 saturated carbocycles. The lowest BCUT2D eigenvalue weighted by Crippen LogP contribution is -2.32. The van der Waals surface area contributed by atoms with Crippen molar-refractivity contribution in [1.82, 2.24) is 9.97 Å². The van der Waals surface area contributed by atoms with Crippen molar-refractivity contribution in [2.45, 2.75) is 32.7 Å². The van der Waals surface area contributed by atoms with Gasteiger partial charge < -0.3 is 0 Å². The lowest BCUT2D eigenvalue weighted by molar-refractivity contribution is -0.118. The van der Waals surface area contributed by atoms with Gasteiger partial charge in [-0.2, -0.15) is 0 Å². The van der Waals surface area contributed by atoms with Crippen molar-refractivity contribution in [1.29, 1.82) is 0 Å². The number of amides is 1. The minimum absolute atomic E-state index is 0.0718. The van der Waals surface area contributed by atoms with Crippen LogP contribution in [0.1, 0.15) is 36.6 Å². The van der Waals surface area contributed by atoms with Gasteiger partial charge in [0.25, 0.3) is 0 Å². The number of hydrogen-bond donors (Lipinski definition) is 0. The van der Waals surface area contributed by atoms with Gasteiger partial charge in [-0.05, 0) is 47.4 Å². The highest BCUT2D eigenvalue weighted by Gasteiger charge is 2.21. The molecule has 0 fully saturated rings. The number of thiazole rings is 1. The van der Waals surface area contributed by atoms with Gasteiger partial charge in [0.1, 0.15) is 5.82 Å². The molecule has 6 heteroatoms. The van der Waals surface area contributed by atoms with Crippen LogP contribution in [0.3, 0.4) is 0 Å². The zero-order valence-corrected chi connectivity index (χ0v) is 17.7. The Hall–Kier alpha value is -3.12. The third-order valence-corrected chi connectivity index (χ3v) is 5.96. The molecule has 4 nitrogen and oxygen atoms in total. The maximum Gasteiger partial charge on any atom is 0.233 e. The zero-order valence-electron chi connectivity index (χ0n) is 16.9. The van der Waals surface area contributed by atoms with Gasteiger partial charge in [-0.25, -0.2) is 9.37 Å². The summed E-state index contributed by atoms with van der Waals surface area (Å²) in [6.45, 7) is 4.60. The van der Waals surface area contributed by atoms with Crippen LogP contribution in [0.25, 0.3) is 10.2 Å². The molecule has 2 aromatic carbocycles. The van der Waals surface area contributed by atoms with E-state index in [0.717, 1.165) is 11.3 Å². The fourth-order valence-electron chi connectivity index (χ4n) is 3.21. The minimum Gasteiger partial charge on any atom is -0.282 e. The molecular formula is C24H22FN3OS. The van der Waals surface area contributed by atoms with Gasteiger partial charge in [0.15, 0.2) is 5.13 Å². The minimum atomic E-state index is -0.314. The summed E-state index contributed by atoms with van der Waals surface area (Å²) in [5.41, 5.74) is 3.63. The Bertz CT molecular complexity index is 1160. The second kappa shape index (κ2) is 8.71. The lowest BCUT2D eigenvalue weighted by Gasteiger charge is -2.20. The molecule has 30 heavy (non-hydrogen) atoms. The number of hydrogen-bond acceptors (Lipinski definition) is 4. The Labute approximate surface area is 179 Å². The van der Waals surface area contributed by atoms with Crippen molar-refractivity contribution in [3.8, 4) is 0 Å². The quantitative estimate of drug-likeness (QED) is 0.401. The van der Waals surface area contributed by atoms with Crippen LogP contribution in [0.5, 0.6) is 0 Å². The summed E-state index contributed by atoms with van der Waals surface area (Å²) < 4.78 is 14.3. The molecule has 2 heterocycles. The first kappa shape index (κ1) is 20.2.